The van der Waals surface area contributed by atoms with Gasteiger partial charge >= 0.3 is 0 Å². The minimum Gasteiger partial charge on any atom is -0.342 e. The molecule has 1 heterocycles. The van der Waals surface area contributed by atoms with Crippen molar-refractivity contribution in [3.63, 3.8) is 0 Å². The molecule has 2 amide bonds. The fraction of sp³-hybridized carbons (Fsp3) is 0.833. The van der Waals surface area contributed by atoms with Gasteiger partial charge < -0.3 is 10.6 Å². The zero-order valence-corrected chi connectivity index (χ0v) is 10.0. The number of piperazine rings is 1. The van der Waals surface area contributed by atoms with E-state index in [1.807, 2.05) is 0 Å². The number of amides is 2. The predicted molar refractivity (Wildman–Crippen MR) is 60.7 cm³/mol. The van der Waals surface area contributed by atoms with Crippen molar-refractivity contribution in [3.8, 4) is 0 Å². The van der Waals surface area contributed by atoms with Crippen LogP contribution in [0.25, 0.3) is 0 Å². The fourth-order valence-electron chi connectivity index (χ4n) is 2.63. The maximum Gasteiger partial charge on any atom is 0.245 e. The van der Waals surface area contributed by atoms with Gasteiger partial charge in [0.2, 0.25) is 11.8 Å². The number of nitrogens with one attached hydrogen (secondary N) is 2. The van der Waals surface area contributed by atoms with E-state index in [0.717, 1.165) is 12.8 Å². The van der Waals surface area contributed by atoms with E-state index >= 15 is 0 Å². The second-order valence-corrected chi connectivity index (χ2v) is 5.46. The molecule has 0 bridgehead atoms. The SMILES string of the molecule is CC1(C)NC(=O)C(C2CCCCC2)NC1=O. The Balaban J connectivity index is 2.06. The summed E-state index contributed by atoms with van der Waals surface area (Å²) in [5.74, 6) is 0.243. The maximum atomic E-state index is 11.9. The molecule has 2 rings (SSSR count). The zero-order valence-electron chi connectivity index (χ0n) is 10.0. The normalized spacial score (nSPS) is 30.8. The minimum absolute atomic E-state index is 0.0171. The Bertz CT molecular complexity index is 306. The molecule has 0 aromatic heterocycles. The van der Waals surface area contributed by atoms with Gasteiger partial charge in [-0.15, -0.1) is 0 Å². The monoisotopic (exact) mass is 224 g/mol. The summed E-state index contributed by atoms with van der Waals surface area (Å²) in [7, 11) is 0. The van der Waals surface area contributed by atoms with Crippen LogP contribution in [-0.2, 0) is 9.59 Å². The van der Waals surface area contributed by atoms with Crippen LogP contribution in [0.1, 0.15) is 46.0 Å². The highest BCUT2D eigenvalue weighted by Crippen LogP contribution is 2.28. The van der Waals surface area contributed by atoms with Crippen molar-refractivity contribution in [3.05, 3.63) is 0 Å². The van der Waals surface area contributed by atoms with Gasteiger partial charge in [0.25, 0.3) is 0 Å². The molecular formula is C12H20N2O2. The van der Waals surface area contributed by atoms with E-state index < -0.39 is 5.54 Å². The van der Waals surface area contributed by atoms with Crippen molar-refractivity contribution in [1.82, 2.24) is 10.6 Å². The third-order valence-electron chi connectivity index (χ3n) is 3.69. The van der Waals surface area contributed by atoms with Crippen molar-refractivity contribution in [2.75, 3.05) is 0 Å². The molecule has 1 saturated heterocycles. The van der Waals surface area contributed by atoms with Gasteiger partial charge in [-0.1, -0.05) is 19.3 Å². The van der Waals surface area contributed by atoms with E-state index in [2.05, 4.69) is 10.6 Å². The molecule has 2 N–H and O–H groups in total. The first-order valence-corrected chi connectivity index (χ1v) is 6.14. The van der Waals surface area contributed by atoms with Crippen molar-refractivity contribution in [1.29, 1.82) is 0 Å². The largest absolute Gasteiger partial charge is 0.342 e. The van der Waals surface area contributed by atoms with Crippen molar-refractivity contribution >= 4 is 11.8 Å². The van der Waals surface area contributed by atoms with Crippen LogP contribution in [0, 0.1) is 5.92 Å². The van der Waals surface area contributed by atoms with Crippen LogP contribution in [-0.4, -0.2) is 23.4 Å². The Morgan fingerprint density at radius 2 is 1.75 bits per heavy atom. The third-order valence-corrected chi connectivity index (χ3v) is 3.69. The molecule has 0 aromatic rings. The summed E-state index contributed by atoms with van der Waals surface area (Å²) in [6.45, 7) is 3.47. The van der Waals surface area contributed by atoms with Crippen LogP contribution in [0.2, 0.25) is 0 Å². The molecule has 1 aliphatic heterocycles. The molecule has 90 valence electrons. The topological polar surface area (TPSA) is 58.2 Å². The standard InChI is InChI=1S/C12H20N2O2/c1-12(2)11(16)13-9(10(15)14-12)8-6-4-3-5-7-8/h8-9H,3-7H2,1-2H3,(H,13,16)(H,14,15). The highest BCUT2D eigenvalue weighted by Gasteiger charge is 2.42. The molecule has 16 heavy (non-hydrogen) atoms. The Kier molecular flexibility index (Phi) is 2.91. The average molecular weight is 224 g/mol. The molecule has 4 nitrogen and oxygen atoms in total. The quantitative estimate of drug-likeness (QED) is 0.697. The summed E-state index contributed by atoms with van der Waals surface area (Å²) < 4.78 is 0. The summed E-state index contributed by atoms with van der Waals surface area (Å²) in [6.07, 6.45) is 5.71. The highest BCUT2D eigenvalue weighted by molar-refractivity contribution is 5.99. The van der Waals surface area contributed by atoms with Gasteiger partial charge in [-0.2, -0.15) is 0 Å². The summed E-state index contributed by atoms with van der Waals surface area (Å²) in [4.78, 5) is 23.7. The number of hydrogen-bond donors (Lipinski definition) is 2. The van der Waals surface area contributed by atoms with Gasteiger partial charge in [-0.25, -0.2) is 0 Å². The first kappa shape index (κ1) is 11.4. The summed E-state index contributed by atoms with van der Waals surface area (Å²) in [5.41, 5.74) is -0.762. The van der Waals surface area contributed by atoms with Gasteiger partial charge in [-0.05, 0) is 32.6 Å². The summed E-state index contributed by atoms with van der Waals surface area (Å²) in [6, 6.07) is -0.305. The first-order valence-electron chi connectivity index (χ1n) is 6.14. The summed E-state index contributed by atoms with van der Waals surface area (Å²) >= 11 is 0. The van der Waals surface area contributed by atoms with Gasteiger partial charge in [0, 0.05) is 0 Å². The molecule has 2 aliphatic rings. The van der Waals surface area contributed by atoms with E-state index in [1.54, 1.807) is 13.8 Å². The Labute approximate surface area is 96.2 Å². The maximum absolute atomic E-state index is 11.9. The highest BCUT2D eigenvalue weighted by atomic mass is 16.2. The zero-order chi connectivity index (χ0) is 11.8. The lowest BCUT2D eigenvalue weighted by Crippen LogP contribution is -2.68. The number of rotatable bonds is 1. The predicted octanol–water partition coefficient (Wildman–Crippen LogP) is 0.960. The smallest absolute Gasteiger partial charge is 0.245 e. The molecule has 0 aromatic carbocycles. The van der Waals surface area contributed by atoms with Crippen LogP contribution in [0.15, 0.2) is 0 Å². The number of hydrogen-bond acceptors (Lipinski definition) is 2. The molecule has 0 spiro atoms. The Morgan fingerprint density at radius 3 is 2.38 bits per heavy atom. The van der Waals surface area contributed by atoms with Crippen molar-refractivity contribution < 1.29 is 9.59 Å². The van der Waals surface area contributed by atoms with Crippen LogP contribution >= 0.6 is 0 Å². The molecule has 1 aliphatic carbocycles. The van der Waals surface area contributed by atoms with Gasteiger partial charge in [-0.3, -0.25) is 9.59 Å². The molecule has 1 saturated carbocycles. The van der Waals surface area contributed by atoms with E-state index in [4.69, 9.17) is 0 Å². The average Bonchev–Trinajstić information content (AvgIpc) is 2.24. The molecule has 1 unspecified atom stereocenters. The van der Waals surface area contributed by atoms with Crippen molar-refractivity contribution in [2.24, 2.45) is 5.92 Å². The number of carbonyl (C=O) groups excluding carboxylic acids is 2. The van der Waals surface area contributed by atoms with Crippen LogP contribution in [0.5, 0.6) is 0 Å². The van der Waals surface area contributed by atoms with E-state index in [9.17, 15) is 9.59 Å². The van der Waals surface area contributed by atoms with Gasteiger partial charge in [0.1, 0.15) is 11.6 Å². The van der Waals surface area contributed by atoms with Crippen molar-refractivity contribution in [2.45, 2.75) is 57.5 Å². The van der Waals surface area contributed by atoms with Gasteiger partial charge in [0.05, 0.1) is 0 Å². The Hall–Kier alpha value is -1.06. The van der Waals surface area contributed by atoms with E-state index in [-0.39, 0.29) is 17.9 Å². The van der Waals surface area contributed by atoms with Crippen LogP contribution < -0.4 is 10.6 Å². The van der Waals surface area contributed by atoms with E-state index in [1.165, 1.54) is 19.3 Å². The van der Waals surface area contributed by atoms with E-state index in [0.29, 0.717) is 5.92 Å². The first-order chi connectivity index (χ1) is 7.50. The molecule has 2 fully saturated rings. The summed E-state index contributed by atoms with van der Waals surface area (Å²) in [5, 5.41) is 5.68. The van der Waals surface area contributed by atoms with Crippen LogP contribution in [0.3, 0.4) is 0 Å². The molecule has 0 radical (unpaired) electrons. The number of carbonyl (C=O) groups is 2. The third kappa shape index (κ3) is 2.06. The fourth-order valence-corrected chi connectivity index (χ4v) is 2.63. The second-order valence-electron chi connectivity index (χ2n) is 5.46. The van der Waals surface area contributed by atoms with Crippen LogP contribution in [0.4, 0.5) is 0 Å². The Morgan fingerprint density at radius 1 is 1.12 bits per heavy atom. The minimum atomic E-state index is -0.762. The molecular weight excluding hydrogens is 204 g/mol. The lowest BCUT2D eigenvalue weighted by molar-refractivity contribution is -0.141. The lowest BCUT2D eigenvalue weighted by atomic mass is 9.81. The van der Waals surface area contributed by atoms with Gasteiger partial charge in [0.15, 0.2) is 0 Å². The molecule has 4 heteroatoms. The second kappa shape index (κ2) is 4.07. The molecule has 1 atom stereocenters. The lowest BCUT2D eigenvalue weighted by Gasteiger charge is -2.39.